The van der Waals surface area contributed by atoms with E-state index in [0.717, 1.165) is 56.4 Å². The zero-order valence-electron chi connectivity index (χ0n) is 28.2. The second kappa shape index (κ2) is 24.6. The van der Waals surface area contributed by atoms with E-state index in [1.54, 1.807) is 14.0 Å². The molecule has 0 aliphatic carbocycles. The van der Waals surface area contributed by atoms with Crippen LogP contribution in [-0.4, -0.2) is 32.3 Å². The summed E-state index contributed by atoms with van der Waals surface area (Å²) in [6, 6.07) is 14.3. The first kappa shape index (κ1) is 47.8. The van der Waals surface area contributed by atoms with E-state index in [9.17, 15) is 4.79 Å². The second-order valence-corrected chi connectivity index (χ2v) is 9.86. The average Bonchev–Trinajstić information content (AvgIpc) is 2.98. The van der Waals surface area contributed by atoms with Gasteiger partial charge in [0.25, 0.3) is 0 Å². The number of carbonyl (C=O) groups is 1. The van der Waals surface area contributed by atoms with Gasteiger partial charge in [-0.1, -0.05) is 58.8 Å². The molecule has 0 radical (unpaired) electrons. The van der Waals surface area contributed by atoms with E-state index in [2.05, 4.69) is 103 Å². The first-order chi connectivity index (χ1) is 20.1. The van der Waals surface area contributed by atoms with E-state index < -0.39 is 6.09 Å². The minimum absolute atomic E-state index is 0. The van der Waals surface area contributed by atoms with E-state index in [1.807, 2.05) is 71.7 Å². The van der Waals surface area contributed by atoms with E-state index in [-0.39, 0.29) is 42.1 Å². The number of alkyl carbamates (subject to hydrolysis) is 1. The van der Waals surface area contributed by atoms with E-state index in [0.29, 0.717) is 11.5 Å². The number of halogens is 2. The smallest absolute Gasteiger partial charge is 0.411 e. The van der Waals surface area contributed by atoms with Crippen LogP contribution in [-0.2, 0) is 51.6 Å². The molecular weight excluding hydrogens is 1130 g/mol. The molecule has 0 aromatic heterocycles. The summed E-state index contributed by atoms with van der Waals surface area (Å²) in [7, 11) is 4.92. The maximum Gasteiger partial charge on any atom is 0.411 e. The van der Waals surface area contributed by atoms with Crippen molar-refractivity contribution in [1.29, 1.82) is 0 Å². The van der Waals surface area contributed by atoms with E-state index in [1.165, 1.54) is 12.7 Å². The fourth-order valence-electron chi connectivity index (χ4n) is 3.59. The van der Waals surface area contributed by atoms with E-state index in [4.69, 9.17) is 4.74 Å². The summed E-state index contributed by atoms with van der Waals surface area (Å²) < 4.78 is 9.74. The predicted molar refractivity (Wildman–Crippen MR) is 199 cm³/mol. The summed E-state index contributed by atoms with van der Waals surface area (Å²) in [5.74, 6) is 1.45. The van der Waals surface area contributed by atoms with Crippen molar-refractivity contribution in [2.45, 2.75) is 55.4 Å². The third kappa shape index (κ3) is 16.7. The number of benzene rings is 2. The normalized spacial score (nSPS) is 10.6. The maximum absolute atomic E-state index is 11.2. The van der Waals surface area contributed by atoms with Crippen LogP contribution in [0.4, 0.5) is 16.2 Å². The molecule has 0 saturated heterocycles. The molecule has 0 aliphatic rings. The van der Waals surface area contributed by atoms with Crippen molar-refractivity contribution in [2.24, 2.45) is 0 Å². The van der Waals surface area contributed by atoms with Crippen molar-refractivity contribution >= 4 is 54.7 Å². The van der Waals surface area contributed by atoms with Crippen LogP contribution in [0.15, 0.2) is 83.8 Å². The Hall–Kier alpha value is -1.55. The fraction of sp³-hybridized carbons (Fsp3) is 0.324. The predicted octanol–water partition coefficient (Wildman–Crippen LogP) is 9.82. The standard InChI is InChI=1S/C18H25N2O.C16H21N2O2.I2.2W/c1-12-9-10-18(13(2)11-12)19-17(6)20(7)15(4)14(3)16(5)21-8;1-10-7-8-15(11(2)9-10)17-13(4)12(3)14(5)18-16(19)20-6;1-2;;/h10-11,19H,5-6H2,1-4,7-8H3;8-9,17H,4H2,1-3,5-6H3,(H,18,19);;;/q2*-1;;;/b15-14-;14-12-;;;. The van der Waals surface area contributed by atoms with Gasteiger partial charge in [0.2, 0.25) is 0 Å². The van der Waals surface area contributed by atoms with Gasteiger partial charge in [-0.2, -0.15) is 47.5 Å². The molecule has 0 fully saturated rings. The van der Waals surface area contributed by atoms with Gasteiger partial charge < -0.3 is 25.0 Å². The molecule has 0 aliphatic heterocycles. The largest absolute Gasteiger partial charge is 0.497 e. The van der Waals surface area contributed by atoms with Crippen LogP contribution in [0, 0.1) is 39.8 Å². The van der Waals surface area contributed by atoms with Crippen LogP contribution in [0.1, 0.15) is 49.9 Å². The van der Waals surface area contributed by atoms with E-state index >= 15 is 0 Å². The number of methoxy groups -OCH3 is 2. The maximum atomic E-state index is 11.2. The zero-order valence-corrected chi connectivity index (χ0v) is 38.4. The number of amides is 1. The van der Waals surface area contributed by atoms with Crippen LogP contribution in [0.3, 0.4) is 0 Å². The summed E-state index contributed by atoms with van der Waals surface area (Å²) in [6.45, 7) is 27.8. The quantitative estimate of drug-likeness (QED) is 0.0954. The number of nitrogens with zero attached hydrogens (tertiary/aromatic N) is 1. The van der Waals surface area contributed by atoms with Gasteiger partial charge in [-0.05, 0) is 33.3 Å². The molecule has 2 aromatic carbocycles. The van der Waals surface area contributed by atoms with Gasteiger partial charge in [0.05, 0.1) is 20.0 Å². The summed E-state index contributed by atoms with van der Waals surface area (Å²) in [6.07, 6.45) is -0.491. The fourth-order valence-corrected chi connectivity index (χ4v) is 3.59. The van der Waals surface area contributed by atoms with Crippen molar-refractivity contribution < 1.29 is 56.4 Å². The third-order valence-corrected chi connectivity index (χ3v) is 6.77. The number of aryl methyl sites for hydroxylation is 4. The number of rotatable bonds is 10. The van der Waals surface area contributed by atoms with Crippen molar-refractivity contribution in [2.75, 3.05) is 31.9 Å². The number of anilines is 2. The van der Waals surface area contributed by atoms with Crippen LogP contribution in [0.5, 0.6) is 0 Å². The van der Waals surface area contributed by atoms with Gasteiger partial charge in [-0.25, -0.2) is 4.79 Å². The number of hydrogen-bond donors (Lipinski definition) is 3. The summed E-state index contributed by atoms with van der Waals surface area (Å²) in [5.41, 5.74) is 10.8. The minimum atomic E-state index is -0.491. The molecule has 0 spiro atoms. The van der Waals surface area contributed by atoms with Crippen LogP contribution < -0.4 is 16.0 Å². The molecule has 0 unspecified atom stereocenters. The Labute approximate surface area is 323 Å². The zero-order chi connectivity index (χ0) is 33.4. The molecule has 248 valence electrons. The van der Waals surface area contributed by atoms with Crippen molar-refractivity contribution in [3.8, 4) is 0 Å². The first-order valence-electron chi connectivity index (χ1n) is 13.3. The van der Waals surface area contributed by atoms with Gasteiger partial charge in [0.1, 0.15) is 5.76 Å². The number of ether oxygens (including phenoxy) is 2. The second-order valence-electron chi connectivity index (χ2n) is 9.86. The number of allylic oxidation sites excluding steroid dienone is 4. The van der Waals surface area contributed by atoms with Crippen molar-refractivity contribution in [3.63, 3.8) is 0 Å². The molecule has 2 aromatic rings. The minimum Gasteiger partial charge on any atom is -0.497 e. The van der Waals surface area contributed by atoms with Gasteiger partial charge in [-0.3, -0.25) is 5.32 Å². The molecule has 0 saturated carbocycles. The van der Waals surface area contributed by atoms with Crippen molar-refractivity contribution in [1.82, 2.24) is 10.2 Å². The Morgan fingerprint density at radius 3 is 1.64 bits per heavy atom. The van der Waals surface area contributed by atoms with Gasteiger partial charge in [-0.15, -0.1) is 11.1 Å². The number of hydrogen-bond acceptors (Lipinski definition) is 6. The topological polar surface area (TPSA) is 74.9 Å². The molecule has 3 N–H and O–H groups in total. The molecule has 11 heteroatoms. The van der Waals surface area contributed by atoms with Gasteiger partial charge in [0, 0.05) is 109 Å². The number of carbonyl (C=O) groups excluding carboxylic acids is 1. The molecular formula is C34H46I2N4O3W2-2. The first-order valence-corrected chi connectivity index (χ1v) is 19.6. The average molecular weight is 1180 g/mol. The Morgan fingerprint density at radius 1 is 0.800 bits per heavy atom. The molecule has 45 heavy (non-hydrogen) atoms. The van der Waals surface area contributed by atoms with Gasteiger partial charge in [0.15, 0.2) is 0 Å². The summed E-state index contributed by atoms with van der Waals surface area (Å²) >= 11 is 4.24. The third-order valence-electron chi connectivity index (χ3n) is 6.77. The van der Waals surface area contributed by atoms with Crippen LogP contribution in [0.25, 0.3) is 0 Å². The molecule has 0 bridgehead atoms. The van der Waals surface area contributed by atoms with Gasteiger partial charge >= 0.3 is 6.09 Å². The molecule has 2 rings (SSSR count). The Morgan fingerprint density at radius 2 is 1.24 bits per heavy atom. The van der Waals surface area contributed by atoms with Crippen molar-refractivity contribution in [3.05, 3.63) is 118 Å². The monoisotopic (exact) mass is 1180 g/mol. The summed E-state index contributed by atoms with van der Waals surface area (Å²) in [5, 5.41) is 9.19. The Kier molecular flexibility index (Phi) is 26.2. The Bertz CT molecular complexity index is 1380. The molecule has 7 nitrogen and oxygen atoms in total. The summed E-state index contributed by atoms with van der Waals surface area (Å²) in [4.78, 5) is 13.2. The molecule has 0 heterocycles. The SMILES string of the molecule is C=C(Nc1c[c-]c(C)cc1C)/C(C)=C(/C)NC(=O)OC.C=C(OC)/C(C)=C(/C)N(C)C(=C)Nc1c[c-]c(C)cc1C.II.[W].[W]. The molecule has 0 atom stereocenters. The number of nitrogens with one attached hydrogen (secondary N) is 3. The van der Waals surface area contributed by atoms with Crippen LogP contribution >= 0.6 is 37.2 Å². The Balaban J connectivity index is -0.000000713. The van der Waals surface area contributed by atoms with Crippen LogP contribution in [0.2, 0.25) is 0 Å². The molecule has 1 amide bonds.